The fraction of sp³-hybridized carbons (Fsp3) is 0.526. The van der Waals surface area contributed by atoms with E-state index >= 15 is 0 Å². The fourth-order valence-corrected chi connectivity index (χ4v) is 3.35. The van der Waals surface area contributed by atoms with Gasteiger partial charge in [0.25, 0.3) is 0 Å². The number of hydrogen-bond donors (Lipinski definition) is 2. The maximum absolute atomic E-state index is 12.0. The number of carbonyl (C=O) groups excluding carboxylic acids is 1. The first-order chi connectivity index (χ1) is 11.8. The summed E-state index contributed by atoms with van der Waals surface area (Å²) in [7, 11) is 0. The first kappa shape index (κ1) is 17.0. The molecule has 0 radical (unpaired) electrons. The Hall–Kier alpha value is -1.85. The van der Waals surface area contributed by atoms with Crippen LogP contribution in [0.1, 0.15) is 18.9 Å². The van der Waals surface area contributed by atoms with Crippen LogP contribution < -0.4 is 5.32 Å². The van der Waals surface area contributed by atoms with Crippen molar-refractivity contribution in [2.75, 3.05) is 45.8 Å². The van der Waals surface area contributed by atoms with Crippen molar-refractivity contribution >= 4 is 16.8 Å². The molecular formula is C19H28N4O. The highest BCUT2D eigenvalue weighted by Crippen LogP contribution is 2.17. The molecule has 1 saturated heterocycles. The van der Waals surface area contributed by atoms with E-state index in [2.05, 4.69) is 45.2 Å². The number of piperazine rings is 1. The molecule has 0 unspecified atom stereocenters. The number of fused-ring (bicyclic) bond motifs is 1. The van der Waals surface area contributed by atoms with Gasteiger partial charge in [-0.2, -0.15) is 0 Å². The minimum absolute atomic E-state index is 0.160. The second-order valence-corrected chi connectivity index (χ2v) is 6.49. The fourth-order valence-electron chi connectivity index (χ4n) is 3.35. The van der Waals surface area contributed by atoms with Gasteiger partial charge in [0, 0.05) is 62.8 Å². The van der Waals surface area contributed by atoms with Gasteiger partial charge in [0.2, 0.25) is 5.91 Å². The highest BCUT2D eigenvalue weighted by Gasteiger charge is 2.15. The lowest BCUT2D eigenvalue weighted by atomic mass is 10.1. The third-order valence-corrected chi connectivity index (χ3v) is 4.96. The van der Waals surface area contributed by atoms with E-state index in [4.69, 9.17) is 0 Å². The quantitative estimate of drug-likeness (QED) is 0.816. The maximum atomic E-state index is 12.0. The van der Waals surface area contributed by atoms with Crippen LogP contribution in [0.15, 0.2) is 30.5 Å². The van der Waals surface area contributed by atoms with Gasteiger partial charge in [-0.3, -0.25) is 4.79 Å². The molecular weight excluding hydrogens is 300 g/mol. The predicted molar refractivity (Wildman–Crippen MR) is 98.2 cm³/mol. The largest absolute Gasteiger partial charge is 0.361 e. The lowest BCUT2D eigenvalue weighted by Crippen LogP contribution is -2.47. The van der Waals surface area contributed by atoms with Gasteiger partial charge in [-0.05, 0) is 24.6 Å². The summed E-state index contributed by atoms with van der Waals surface area (Å²) in [5.74, 6) is 0.160. The van der Waals surface area contributed by atoms with Gasteiger partial charge < -0.3 is 20.1 Å². The van der Waals surface area contributed by atoms with Gasteiger partial charge >= 0.3 is 0 Å². The van der Waals surface area contributed by atoms with Gasteiger partial charge in [-0.25, -0.2) is 0 Å². The lowest BCUT2D eigenvalue weighted by molar-refractivity contribution is -0.121. The second kappa shape index (κ2) is 8.31. The van der Waals surface area contributed by atoms with Crippen molar-refractivity contribution < 1.29 is 4.79 Å². The number of H-pyrrole nitrogens is 1. The Morgan fingerprint density at radius 1 is 1.17 bits per heavy atom. The zero-order chi connectivity index (χ0) is 16.8. The number of nitrogens with one attached hydrogen (secondary N) is 2. The summed E-state index contributed by atoms with van der Waals surface area (Å²) >= 11 is 0. The molecule has 5 heteroatoms. The van der Waals surface area contributed by atoms with Gasteiger partial charge in [-0.1, -0.05) is 25.1 Å². The van der Waals surface area contributed by atoms with Crippen molar-refractivity contribution in [3.8, 4) is 0 Å². The van der Waals surface area contributed by atoms with E-state index in [-0.39, 0.29) is 5.91 Å². The third-order valence-electron chi connectivity index (χ3n) is 4.96. The van der Waals surface area contributed by atoms with Gasteiger partial charge in [0.1, 0.15) is 0 Å². The molecule has 130 valence electrons. The van der Waals surface area contributed by atoms with Crippen molar-refractivity contribution in [1.29, 1.82) is 0 Å². The molecule has 3 rings (SSSR count). The number of carbonyl (C=O) groups is 1. The molecule has 2 aromatic rings. The minimum atomic E-state index is 0.160. The summed E-state index contributed by atoms with van der Waals surface area (Å²) in [5, 5.41) is 4.31. The van der Waals surface area contributed by atoms with Crippen LogP contribution in [0.2, 0.25) is 0 Å². The number of para-hydroxylation sites is 1. The predicted octanol–water partition coefficient (Wildman–Crippen LogP) is 1.85. The molecule has 1 aromatic heterocycles. The standard InChI is InChI=1S/C19H28N4O/c1-2-22-11-13-23(14-12-22)10-8-19(24)20-9-7-16-15-21-18-6-4-3-5-17(16)18/h3-6,15,21H,2,7-14H2,1H3,(H,20,24). The van der Waals surface area contributed by atoms with Crippen LogP contribution in [-0.2, 0) is 11.2 Å². The molecule has 0 saturated carbocycles. The molecule has 24 heavy (non-hydrogen) atoms. The number of hydrogen-bond acceptors (Lipinski definition) is 3. The summed E-state index contributed by atoms with van der Waals surface area (Å²) in [4.78, 5) is 20.2. The van der Waals surface area contributed by atoms with Crippen LogP contribution in [0, 0.1) is 0 Å². The van der Waals surface area contributed by atoms with Crippen molar-refractivity contribution in [2.45, 2.75) is 19.8 Å². The van der Waals surface area contributed by atoms with E-state index in [0.717, 1.165) is 51.2 Å². The van der Waals surface area contributed by atoms with Crippen molar-refractivity contribution in [3.63, 3.8) is 0 Å². The molecule has 0 spiro atoms. The van der Waals surface area contributed by atoms with Crippen molar-refractivity contribution in [3.05, 3.63) is 36.0 Å². The number of rotatable bonds is 7. The molecule has 5 nitrogen and oxygen atoms in total. The zero-order valence-electron chi connectivity index (χ0n) is 14.6. The Labute approximate surface area is 144 Å². The number of aromatic amines is 1. The van der Waals surface area contributed by atoms with Crippen LogP contribution in [0.4, 0.5) is 0 Å². The average Bonchev–Trinajstić information content (AvgIpc) is 3.04. The van der Waals surface area contributed by atoms with Crippen LogP contribution in [-0.4, -0.2) is 66.5 Å². The molecule has 1 aromatic carbocycles. The Bertz CT molecular complexity index is 658. The molecule has 1 aliphatic rings. The van der Waals surface area contributed by atoms with Gasteiger partial charge in [0.15, 0.2) is 0 Å². The normalized spacial score (nSPS) is 16.5. The molecule has 0 bridgehead atoms. The Morgan fingerprint density at radius 2 is 1.92 bits per heavy atom. The lowest BCUT2D eigenvalue weighted by Gasteiger charge is -2.33. The topological polar surface area (TPSA) is 51.4 Å². The van der Waals surface area contributed by atoms with E-state index in [9.17, 15) is 4.79 Å². The minimum Gasteiger partial charge on any atom is -0.361 e. The maximum Gasteiger partial charge on any atom is 0.221 e. The van der Waals surface area contributed by atoms with Crippen molar-refractivity contribution in [2.24, 2.45) is 0 Å². The number of aromatic nitrogens is 1. The summed E-state index contributed by atoms with van der Waals surface area (Å²) in [6.45, 7) is 9.31. The summed E-state index contributed by atoms with van der Waals surface area (Å²) in [5.41, 5.74) is 2.42. The molecule has 1 fully saturated rings. The molecule has 0 aliphatic carbocycles. The average molecular weight is 328 g/mol. The summed E-state index contributed by atoms with van der Waals surface area (Å²) < 4.78 is 0. The first-order valence-electron chi connectivity index (χ1n) is 9.02. The first-order valence-corrected chi connectivity index (χ1v) is 9.02. The van der Waals surface area contributed by atoms with Crippen molar-refractivity contribution in [1.82, 2.24) is 20.1 Å². The number of amides is 1. The van der Waals surface area contributed by atoms with Gasteiger partial charge in [0.05, 0.1) is 0 Å². The van der Waals surface area contributed by atoms with E-state index < -0.39 is 0 Å². The molecule has 2 heterocycles. The Balaban J connectivity index is 1.36. The number of benzene rings is 1. The zero-order valence-corrected chi connectivity index (χ0v) is 14.6. The Morgan fingerprint density at radius 3 is 2.71 bits per heavy atom. The number of nitrogens with zero attached hydrogens (tertiary/aromatic N) is 2. The molecule has 0 atom stereocenters. The highest BCUT2D eigenvalue weighted by molar-refractivity contribution is 5.83. The summed E-state index contributed by atoms with van der Waals surface area (Å²) in [6, 6.07) is 8.29. The van der Waals surface area contributed by atoms with E-state index in [1.54, 1.807) is 0 Å². The van der Waals surface area contributed by atoms with E-state index in [1.807, 2.05) is 12.3 Å². The van der Waals surface area contributed by atoms with Crippen LogP contribution >= 0.6 is 0 Å². The van der Waals surface area contributed by atoms with E-state index in [1.165, 1.54) is 10.9 Å². The number of likely N-dealkylation sites (N-methyl/N-ethyl adjacent to an activating group) is 1. The smallest absolute Gasteiger partial charge is 0.221 e. The molecule has 1 amide bonds. The molecule has 1 aliphatic heterocycles. The highest BCUT2D eigenvalue weighted by atomic mass is 16.1. The second-order valence-electron chi connectivity index (χ2n) is 6.49. The third kappa shape index (κ3) is 4.36. The van der Waals surface area contributed by atoms with E-state index in [0.29, 0.717) is 13.0 Å². The summed E-state index contributed by atoms with van der Waals surface area (Å²) in [6.07, 6.45) is 3.51. The monoisotopic (exact) mass is 328 g/mol. The Kier molecular flexibility index (Phi) is 5.88. The molecule has 2 N–H and O–H groups in total. The van der Waals surface area contributed by atoms with Crippen LogP contribution in [0.5, 0.6) is 0 Å². The SMILES string of the molecule is CCN1CCN(CCC(=O)NCCc2c[nH]c3ccccc23)CC1. The van der Waals surface area contributed by atoms with Crippen LogP contribution in [0.3, 0.4) is 0 Å². The van der Waals surface area contributed by atoms with Crippen LogP contribution in [0.25, 0.3) is 10.9 Å². The van der Waals surface area contributed by atoms with Gasteiger partial charge in [-0.15, -0.1) is 0 Å².